The fraction of sp³-hybridized carbons (Fsp3) is 0.263. The van der Waals surface area contributed by atoms with Crippen molar-refractivity contribution in [2.75, 3.05) is 19.8 Å². The topological polar surface area (TPSA) is 49.4 Å². The molecule has 0 bridgehead atoms. The molecule has 0 saturated heterocycles. The maximum Gasteiger partial charge on any atom is 0.253 e. The summed E-state index contributed by atoms with van der Waals surface area (Å²) in [6, 6.07) is 13.4. The first-order chi connectivity index (χ1) is 12.0. The highest BCUT2D eigenvalue weighted by atomic mass is 32.2. The van der Waals surface area contributed by atoms with Crippen LogP contribution in [0, 0.1) is 5.82 Å². The van der Waals surface area contributed by atoms with Gasteiger partial charge in [0, 0.05) is 43.3 Å². The summed E-state index contributed by atoms with van der Waals surface area (Å²) in [5.41, 5.74) is 1.56. The van der Waals surface area contributed by atoms with E-state index >= 15 is 0 Å². The Hall–Kier alpha value is -2.34. The normalized spacial score (nSPS) is 10.4. The second-order valence-corrected chi connectivity index (χ2v) is 6.89. The highest BCUT2D eigenvalue weighted by Gasteiger charge is 2.07. The SMILES string of the molecule is CN(C)C(=O)c1ccc(CNC(=O)CCSc2ccc(F)cc2)cc1. The summed E-state index contributed by atoms with van der Waals surface area (Å²) in [7, 11) is 3.42. The van der Waals surface area contributed by atoms with Crippen LogP contribution in [0.1, 0.15) is 22.3 Å². The molecule has 4 nitrogen and oxygen atoms in total. The maximum atomic E-state index is 12.8. The Morgan fingerprint density at radius 2 is 1.68 bits per heavy atom. The van der Waals surface area contributed by atoms with Gasteiger partial charge in [-0.25, -0.2) is 4.39 Å². The van der Waals surface area contributed by atoms with E-state index in [2.05, 4.69) is 5.32 Å². The van der Waals surface area contributed by atoms with E-state index in [-0.39, 0.29) is 17.6 Å². The van der Waals surface area contributed by atoms with E-state index in [0.717, 1.165) is 10.5 Å². The Morgan fingerprint density at radius 1 is 1.04 bits per heavy atom. The fourth-order valence-corrected chi connectivity index (χ4v) is 2.96. The Labute approximate surface area is 151 Å². The number of rotatable bonds is 7. The van der Waals surface area contributed by atoms with Crippen LogP contribution < -0.4 is 5.32 Å². The van der Waals surface area contributed by atoms with Gasteiger partial charge >= 0.3 is 0 Å². The number of carbonyl (C=O) groups is 2. The Bertz CT molecular complexity index is 715. The van der Waals surface area contributed by atoms with Crippen LogP contribution in [0.4, 0.5) is 4.39 Å². The van der Waals surface area contributed by atoms with Gasteiger partial charge in [-0.15, -0.1) is 11.8 Å². The first-order valence-corrected chi connectivity index (χ1v) is 8.90. The van der Waals surface area contributed by atoms with Crippen LogP contribution in [0.15, 0.2) is 53.4 Å². The van der Waals surface area contributed by atoms with E-state index in [1.54, 1.807) is 38.4 Å². The van der Waals surface area contributed by atoms with Crippen LogP contribution in [-0.2, 0) is 11.3 Å². The highest BCUT2D eigenvalue weighted by Crippen LogP contribution is 2.18. The van der Waals surface area contributed by atoms with Gasteiger partial charge in [-0.3, -0.25) is 9.59 Å². The number of benzene rings is 2. The minimum absolute atomic E-state index is 0.0388. The number of thioether (sulfide) groups is 1. The Kier molecular flexibility index (Phi) is 7.01. The van der Waals surface area contributed by atoms with Crippen LogP contribution in [0.5, 0.6) is 0 Å². The molecule has 0 aromatic heterocycles. The molecule has 2 aromatic carbocycles. The number of carbonyl (C=O) groups excluding carboxylic acids is 2. The molecule has 25 heavy (non-hydrogen) atoms. The predicted molar refractivity (Wildman–Crippen MR) is 98.0 cm³/mol. The molecule has 0 fully saturated rings. The van der Waals surface area contributed by atoms with Gasteiger partial charge < -0.3 is 10.2 Å². The van der Waals surface area contributed by atoms with E-state index in [1.807, 2.05) is 12.1 Å². The summed E-state index contributed by atoms with van der Waals surface area (Å²) in [5.74, 6) is 0.283. The van der Waals surface area contributed by atoms with Crippen molar-refractivity contribution in [3.63, 3.8) is 0 Å². The average Bonchev–Trinajstić information content (AvgIpc) is 2.61. The van der Waals surface area contributed by atoms with Crippen molar-refractivity contribution in [3.05, 3.63) is 65.5 Å². The number of nitrogens with zero attached hydrogens (tertiary/aromatic N) is 1. The van der Waals surface area contributed by atoms with Gasteiger partial charge in [-0.05, 0) is 42.0 Å². The second kappa shape index (κ2) is 9.22. The van der Waals surface area contributed by atoms with Crippen molar-refractivity contribution < 1.29 is 14.0 Å². The number of amides is 2. The van der Waals surface area contributed by atoms with Crippen molar-refractivity contribution in [2.45, 2.75) is 17.9 Å². The largest absolute Gasteiger partial charge is 0.352 e. The monoisotopic (exact) mass is 360 g/mol. The number of hydrogen-bond acceptors (Lipinski definition) is 3. The van der Waals surface area contributed by atoms with Gasteiger partial charge in [-0.2, -0.15) is 0 Å². The molecule has 0 aliphatic carbocycles. The molecule has 2 aromatic rings. The predicted octanol–water partition coefficient (Wildman–Crippen LogP) is 3.33. The van der Waals surface area contributed by atoms with Gasteiger partial charge in [-0.1, -0.05) is 12.1 Å². The zero-order valence-electron chi connectivity index (χ0n) is 14.3. The van der Waals surface area contributed by atoms with Crippen molar-refractivity contribution in [2.24, 2.45) is 0 Å². The van der Waals surface area contributed by atoms with Crippen molar-refractivity contribution in [1.82, 2.24) is 10.2 Å². The lowest BCUT2D eigenvalue weighted by Crippen LogP contribution is -2.23. The molecule has 132 valence electrons. The molecule has 0 unspecified atom stereocenters. The molecule has 0 spiro atoms. The standard InChI is InChI=1S/C19H21FN2O2S/c1-22(2)19(24)15-5-3-14(4-6-15)13-21-18(23)11-12-25-17-9-7-16(20)8-10-17/h3-10H,11-13H2,1-2H3,(H,21,23). The van der Waals surface area contributed by atoms with E-state index in [1.165, 1.54) is 28.8 Å². The maximum absolute atomic E-state index is 12.8. The molecule has 0 aliphatic rings. The van der Waals surface area contributed by atoms with E-state index in [4.69, 9.17) is 0 Å². The molecule has 0 aliphatic heterocycles. The van der Waals surface area contributed by atoms with Gasteiger partial charge in [0.05, 0.1) is 0 Å². The van der Waals surface area contributed by atoms with Crippen LogP contribution in [-0.4, -0.2) is 36.6 Å². The van der Waals surface area contributed by atoms with Crippen molar-refractivity contribution in [3.8, 4) is 0 Å². The van der Waals surface area contributed by atoms with Gasteiger partial charge in [0.25, 0.3) is 5.91 Å². The summed E-state index contributed by atoms with van der Waals surface area (Å²) in [6.45, 7) is 0.427. The lowest BCUT2D eigenvalue weighted by atomic mass is 10.1. The van der Waals surface area contributed by atoms with Crippen molar-refractivity contribution >= 4 is 23.6 Å². The third-order valence-electron chi connectivity index (χ3n) is 3.51. The molecule has 1 N–H and O–H groups in total. The molecule has 2 amide bonds. The van der Waals surface area contributed by atoms with Crippen LogP contribution in [0.3, 0.4) is 0 Å². The first-order valence-electron chi connectivity index (χ1n) is 7.91. The van der Waals surface area contributed by atoms with Crippen LogP contribution in [0.2, 0.25) is 0 Å². The lowest BCUT2D eigenvalue weighted by molar-refractivity contribution is -0.120. The smallest absolute Gasteiger partial charge is 0.253 e. The average molecular weight is 360 g/mol. The van der Waals surface area contributed by atoms with E-state index in [0.29, 0.717) is 24.3 Å². The summed E-state index contributed by atoms with van der Waals surface area (Å²) in [6.07, 6.45) is 0.388. The molecule has 0 saturated carbocycles. The first kappa shape index (κ1) is 19.0. The summed E-state index contributed by atoms with van der Waals surface area (Å²) in [4.78, 5) is 26.2. The minimum Gasteiger partial charge on any atom is -0.352 e. The summed E-state index contributed by atoms with van der Waals surface area (Å²) < 4.78 is 12.8. The zero-order valence-corrected chi connectivity index (χ0v) is 15.1. The molecule has 0 atom stereocenters. The Morgan fingerprint density at radius 3 is 2.28 bits per heavy atom. The number of hydrogen-bond donors (Lipinski definition) is 1. The molecular formula is C19H21FN2O2S. The fourth-order valence-electron chi connectivity index (χ4n) is 2.10. The highest BCUT2D eigenvalue weighted by molar-refractivity contribution is 7.99. The zero-order chi connectivity index (χ0) is 18.2. The Balaban J connectivity index is 1.72. The molecule has 6 heteroatoms. The molecule has 2 rings (SSSR count). The van der Waals surface area contributed by atoms with Crippen LogP contribution >= 0.6 is 11.8 Å². The minimum atomic E-state index is -0.264. The number of halogens is 1. The van der Waals surface area contributed by atoms with Crippen molar-refractivity contribution in [1.29, 1.82) is 0 Å². The third-order valence-corrected chi connectivity index (χ3v) is 4.52. The molecule has 0 radical (unpaired) electrons. The summed E-state index contributed by atoms with van der Waals surface area (Å²) >= 11 is 1.52. The van der Waals surface area contributed by atoms with Gasteiger partial charge in [0.1, 0.15) is 5.82 Å². The van der Waals surface area contributed by atoms with Crippen LogP contribution in [0.25, 0.3) is 0 Å². The van der Waals surface area contributed by atoms with Gasteiger partial charge in [0.2, 0.25) is 5.91 Å². The molecular weight excluding hydrogens is 339 g/mol. The molecule has 0 heterocycles. The summed E-state index contributed by atoms with van der Waals surface area (Å²) in [5, 5.41) is 2.86. The van der Waals surface area contributed by atoms with Gasteiger partial charge in [0.15, 0.2) is 0 Å². The van der Waals surface area contributed by atoms with E-state index < -0.39 is 0 Å². The third kappa shape index (κ3) is 6.23. The second-order valence-electron chi connectivity index (χ2n) is 5.73. The number of nitrogens with one attached hydrogen (secondary N) is 1. The van der Waals surface area contributed by atoms with E-state index in [9.17, 15) is 14.0 Å². The lowest BCUT2D eigenvalue weighted by Gasteiger charge is -2.11. The quantitative estimate of drug-likeness (QED) is 0.771.